The third-order valence-electron chi connectivity index (χ3n) is 3.39. The highest BCUT2D eigenvalue weighted by molar-refractivity contribution is 5.97. The summed E-state index contributed by atoms with van der Waals surface area (Å²) in [6.45, 7) is 2.97. The van der Waals surface area contributed by atoms with Gasteiger partial charge < -0.3 is 15.7 Å². The Morgan fingerprint density at radius 1 is 1.21 bits per heavy atom. The molecule has 0 aliphatic carbocycles. The summed E-state index contributed by atoms with van der Waals surface area (Å²) >= 11 is 0. The number of carboxylic acids is 1. The molecule has 0 aromatic heterocycles. The molecule has 0 aliphatic heterocycles. The van der Waals surface area contributed by atoms with Gasteiger partial charge in [0.25, 0.3) is 5.91 Å². The standard InChI is InChI=1S/C18H23N3O3/c1-14-6-8-15(9-7-14)12-20-13-16(11-19)18(24)21-10-4-2-3-5-17(22)23/h6-9,13,20H,2-5,10,12H2,1H3,(H,21,24)(H,22,23)/b16-13-. The van der Waals surface area contributed by atoms with Gasteiger partial charge in [-0.1, -0.05) is 36.2 Å². The number of aliphatic carboxylic acids is 1. The molecule has 0 heterocycles. The zero-order chi connectivity index (χ0) is 17.8. The SMILES string of the molecule is Cc1ccc(CN/C=C(/C#N)C(=O)NCCCCCC(=O)O)cc1. The average Bonchev–Trinajstić information content (AvgIpc) is 2.56. The zero-order valence-corrected chi connectivity index (χ0v) is 13.8. The fourth-order valence-electron chi connectivity index (χ4n) is 2.00. The van der Waals surface area contributed by atoms with Crippen molar-refractivity contribution < 1.29 is 14.7 Å². The minimum atomic E-state index is -0.812. The van der Waals surface area contributed by atoms with Crippen molar-refractivity contribution >= 4 is 11.9 Å². The summed E-state index contributed by atoms with van der Waals surface area (Å²) in [6.07, 6.45) is 3.56. The van der Waals surface area contributed by atoms with Crippen molar-refractivity contribution in [2.75, 3.05) is 6.54 Å². The van der Waals surface area contributed by atoms with E-state index in [1.54, 1.807) is 0 Å². The molecule has 0 radical (unpaired) electrons. The number of amides is 1. The highest BCUT2D eigenvalue weighted by Gasteiger charge is 2.07. The number of unbranched alkanes of at least 4 members (excludes halogenated alkanes) is 2. The van der Waals surface area contributed by atoms with E-state index in [2.05, 4.69) is 10.6 Å². The minimum absolute atomic E-state index is 0.0210. The first-order valence-electron chi connectivity index (χ1n) is 7.92. The molecule has 0 bridgehead atoms. The first kappa shape index (κ1) is 19.2. The number of rotatable bonds is 10. The lowest BCUT2D eigenvalue weighted by Gasteiger charge is -2.05. The summed E-state index contributed by atoms with van der Waals surface area (Å²) in [6, 6.07) is 9.85. The smallest absolute Gasteiger partial charge is 0.303 e. The van der Waals surface area contributed by atoms with E-state index in [1.165, 1.54) is 11.8 Å². The van der Waals surface area contributed by atoms with Crippen LogP contribution in [0.5, 0.6) is 0 Å². The van der Waals surface area contributed by atoms with E-state index in [-0.39, 0.29) is 12.0 Å². The summed E-state index contributed by atoms with van der Waals surface area (Å²) in [5.74, 6) is -1.24. The Morgan fingerprint density at radius 3 is 2.54 bits per heavy atom. The monoisotopic (exact) mass is 329 g/mol. The zero-order valence-electron chi connectivity index (χ0n) is 13.8. The molecular weight excluding hydrogens is 306 g/mol. The number of nitriles is 1. The third-order valence-corrected chi connectivity index (χ3v) is 3.39. The van der Waals surface area contributed by atoms with Crippen LogP contribution in [0.1, 0.15) is 36.8 Å². The molecule has 1 aromatic carbocycles. The van der Waals surface area contributed by atoms with Crippen LogP contribution in [-0.2, 0) is 16.1 Å². The van der Waals surface area contributed by atoms with Crippen molar-refractivity contribution in [3.63, 3.8) is 0 Å². The number of carboxylic acid groups (broad SMARTS) is 1. The Labute approximate surface area is 142 Å². The lowest BCUT2D eigenvalue weighted by atomic mass is 10.1. The number of carbonyl (C=O) groups excluding carboxylic acids is 1. The molecule has 0 aliphatic rings. The molecule has 0 unspecified atom stereocenters. The molecule has 24 heavy (non-hydrogen) atoms. The molecule has 1 amide bonds. The predicted octanol–water partition coefficient (Wildman–Crippen LogP) is 2.25. The van der Waals surface area contributed by atoms with Gasteiger partial charge in [0.2, 0.25) is 0 Å². The van der Waals surface area contributed by atoms with Gasteiger partial charge in [0.1, 0.15) is 11.6 Å². The lowest BCUT2D eigenvalue weighted by molar-refractivity contribution is -0.137. The Bertz CT molecular complexity index is 615. The van der Waals surface area contributed by atoms with Crippen LogP contribution < -0.4 is 10.6 Å². The first-order chi connectivity index (χ1) is 11.5. The number of hydrogen-bond acceptors (Lipinski definition) is 4. The van der Waals surface area contributed by atoms with E-state index in [0.717, 1.165) is 12.0 Å². The highest BCUT2D eigenvalue weighted by Crippen LogP contribution is 2.03. The summed E-state index contributed by atoms with van der Waals surface area (Å²) in [7, 11) is 0. The molecular formula is C18H23N3O3. The van der Waals surface area contributed by atoms with E-state index in [9.17, 15) is 9.59 Å². The van der Waals surface area contributed by atoms with Gasteiger partial charge >= 0.3 is 5.97 Å². The maximum atomic E-state index is 11.9. The van der Waals surface area contributed by atoms with Gasteiger partial charge in [-0.2, -0.15) is 5.26 Å². The quantitative estimate of drug-likeness (QED) is 0.347. The van der Waals surface area contributed by atoms with Crippen molar-refractivity contribution in [3.8, 4) is 6.07 Å². The van der Waals surface area contributed by atoms with Gasteiger partial charge in [0.05, 0.1) is 0 Å². The number of benzene rings is 1. The molecule has 6 heteroatoms. The predicted molar refractivity (Wildman–Crippen MR) is 90.8 cm³/mol. The number of hydrogen-bond donors (Lipinski definition) is 3. The molecule has 3 N–H and O–H groups in total. The molecule has 0 saturated heterocycles. The van der Waals surface area contributed by atoms with Crippen molar-refractivity contribution in [2.24, 2.45) is 0 Å². The summed E-state index contributed by atoms with van der Waals surface area (Å²) in [5.41, 5.74) is 2.26. The maximum absolute atomic E-state index is 11.9. The van der Waals surface area contributed by atoms with E-state index < -0.39 is 11.9 Å². The molecule has 6 nitrogen and oxygen atoms in total. The van der Waals surface area contributed by atoms with Crippen LogP contribution in [0.3, 0.4) is 0 Å². The second-order valence-corrected chi connectivity index (χ2v) is 5.50. The largest absolute Gasteiger partial charge is 0.481 e. The Morgan fingerprint density at radius 2 is 1.92 bits per heavy atom. The molecule has 0 saturated carbocycles. The summed E-state index contributed by atoms with van der Waals surface area (Å²) in [5, 5.41) is 23.2. The minimum Gasteiger partial charge on any atom is -0.481 e. The second kappa shape index (κ2) is 10.8. The van der Waals surface area contributed by atoms with E-state index in [4.69, 9.17) is 10.4 Å². The van der Waals surface area contributed by atoms with Gasteiger partial charge in [0.15, 0.2) is 0 Å². The molecule has 0 atom stereocenters. The fraction of sp³-hybridized carbons (Fsp3) is 0.389. The lowest BCUT2D eigenvalue weighted by Crippen LogP contribution is -2.26. The summed E-state index contributed by atoms with van der Waals surface area (Å²) < 4.78 is 0. The van der Waals surface area contributed by atoms with E-state index in [1.807, 2.05) is 37.3 Å². The Balaban J connectivity index is 2.30. The summed E-state index contributed by atoms with van der Waals surface area (Å²) in [4.78, 5) is 22.2. The van der Waals surface area contributed by atoms with Crippen molar-refractivity contribution in [3.05, 3.63) is 47.2 Å². The second-order valence-electron chi connectivity index (χ2n) is 5.50. The third kappa shape index (κ3) is 7.99. The van der Waals surface area contributed by atoms with E-state index in [0.29, 0.717) is 25.9 Å². The maximum Gasteiger partial charge on any atom is 0.303 e. The van der Waals surface area contributed by atoms with Crippen LogP contribution in [0.15, 0.2) is 36.0 Å². The topological polar surface area (TPSA) is 102 Å². The van der Waals surface area contributed by atoms with Crippen LogP contribution in [0.2, 0.25) is 0 Å². The Kier molecular flexibility index (Phi) is 8.69. The number of carbonyl (C=O) groups is 2. The van der Waals surface area contributed by atoms with Crippen molar-refractivity contribution in [1.29, 1.82) is 5.26 Å². The number of aryl methyl sites for hydroxylation is 1. The molecule has 0 spiro atoms. The number of nitrogens with one attached hydrogen (secondary N) is 2. The van der Waals surface area contributed by atoms with Gasteiger partial charge in [0, 0.05) is 25.7 Å². The van der Waals surface area contributed by atoms with Gasteiger partial charge in [-0.3, -0.25) is 9.59 Å². The normalized spacial score (nSPS) is 10.8. The van der Waals surface area contributed by atoms with Crippen LogP contribution in [0, 0.1) is 18.3 Å². The van der Waals surface area contributed by atoms with E-state index >= 15 is 0 Å². The van der Waals surface area contributed by atoms with Crippen LogP contribution in [0.4, 0.5) is 0 Å². The van der Waals surface area contributed by atoms with Crippen LogP contribution >= 0.6 is 0 Å². The highest BCUT2D eigenvalue weighted by atomic mass is 16.4. The van der Waals surface area contributed by atoms with Crippen molar-refractivity contribution in [1.82, 2.24) is 10.6 Å². The van der Waals surface area contributed by atoms with Gasteiger partial charge in [-0.15, -0.1) is 0 Å². The van der Waals surface area contributed by atoms with Crippen LogP contribution in [-0.4, -0.2) is 23.5 Å². The fourth-order valence-corrected chi connectivity index (χ4v) is 2.00. The number of nitrogens with zero attached hydrogens (tertiary/aromatic N) is 1. The average molecular weight is 329 g/mol. The first-order valence-corrected chi connectivity index (χ1v) is 7.92. The molecule has 128 valence electrons. The van der Waals surface area contributed by atoms with Gasteiger partial charge in [-0.25, -0.2) is 0 Å². The molecule has 1 rings (SSSR count). The van der Waals surface area contributed by atoms with Crippen LogP contribution in [0.25, 0.3) is 0 Å². The van der Waals surface area contributed by atoms with Crippen molar-refractivity contribution in [2.45, 2.75) is 39.2 Å². The van der Waals surface area contributed by atoms with Gasteiger partial charge in [-0.05, 0) is 25.3 Å². The molecule has 0 fully saturated rings. The molecule has 1 aromatic rings. The Hall–Kier alpha value is -2.81.